The summed E-state index contributed by atoms with van der Waals surface area (Å²) < 4.78 is 13.4. The van der Waals surface area contributed by atoms with Gasteiger partial charge in [0.1, 0.15) is 5.02 Å². The molecule has 1 amide bonds. The zero-order valence-corrected chi connectivity index (χ0v) is 10.6. The maximum atomic E-state index is 13.4. The van der Waals surface area contributed by atoms with Crippen LogP contribution in [-0.4, -0.2) is 15.8 Å². The lowest BCUT2D eigenvalue weighted by Crippen LogP contribution is -2.14. The van der Waals surface area contributed by atoms with Crippen molar-refractivity contribution in [1.29, 1.82) is 0 Å². The number of halogens is 2. The highest BCUT2D eigenvalue weighted by Crippen LogP contribution is 2.27. The van der Waals surface area contributed by atoms with Gasteiger partial charge in [0.15, 0.2) is 5.82 Å². The largest absolute Gasteiger partial charge is 0.322 e. The summed E-state index contributed by atoms with van der Waals surface area (Å²) >= 11 is 5.65. The van der Waals surface area contributed by atoms with E-state index in [2.05, 4.69) is 10.3 Å². The zero-order chi connectivity index (χ0) is 14.7. The lowest BCUT2D eigenvalue weighted by molar-refractivity contribution is -0.384. The number of nitro benzene ring substituents is 1. The van der Waals surface area contributed by atoms with Crippen molar-refractivity contribution in [3.05, 3.63) is 63.2 Å². The molecule has 1 heterocycles. The van der Waals surface area contributed by atoms with Crippen molar-refractivity contribution in [2.24, 2.45) is 0 Å². The van der Waals surface area contributed by atoms with Gasteiger partial charge in [-0.1, -0.05) is 11.6 Å². The monoisotopic (exact) mass is 295 g/mol. The van der Waals surface area contributed by atoms with Crippen LogP contribution in [0.25, 0.3) is 0 Å². The van der Waals surface area contributed by atoms with Gasteiger partial charge in [0.25, 0.3) is 11.6 Å². The van der Waals surface area contributed by atoms with E-state index < -0.39 is 16.6 Å². The fraction of sp³-hybridized carbons (Fsp3) is 0. The minimum absolute atomic E-state index is 0.0527. The summed E-state index contributed by atoms with van der Waals surface area (Å²) in [5, 5.41) is 13.0. The molecule has 8 heteroatoms. The van der Waals surface area contributed by atoms with Crippen molar-refractivity contribution in [1.82, 2.24) is 4.98 Å². The quantitative estimate of drug-likeness (QED) is 0.696. The number of anilines is 1. The molecule has 0 radical (unpaired) electrons. The van der Waals surface area contributed by atoms with E-state index in [0.717, 1.165) is 12.3 Å². The van der Waals surface area contributed by atoms with Gasteiger partial charge in [-0.3, -0.25) is 19.9 Å². The molecular formula is C12H7ClFN3O3. The predicted molar refractivity (Wildman–Crippen MR) is 70.3 cm³/mol. The van der Waals surface area contributed by atoms with Crippen molar-refractivity contribution in [3.63, 3.8) is 0 Å². The van der Waals surface area contributed by atoms with E-state index in [1.807, 2.05) is 0 Å². The smallest absolute Gasteiger partial charge is 0.289 e. The molecular weight excluding hydrogens is 289 g/mol. The first-order chi connectivity index (χ1) is 9.49. The van der Waals surface area contributed by atoms with Crippen LogP contribution in [0.2, 0.25) is 5.02 Å². The van der Waals surface area contributed by atoms with Crippen molar-refractivity contribution < 1.29 is 14.1 Å². The Bertz CT molecular complexity index is 693. The molecule has 102 valence electrons. The molecule has 0 aliphatic heterocycles. The highest BCUT2D eigenvalue weighted by atomic mass is 35.5. The molecule has 0 unspecified atom stereocenters. The summed E-state index contributed by atoms with van der Waals surface area (Å²) in [7, 11) is 0. The third kappa shape index (κ3) is 2.89. The fourth-order valence-electron chi connectivity index (χ4n) is 1.49. The van der Waals surface area contributed by atoms with Gasteiger partial charge < -0.3 is 5.32 Å². The van der Waals surface area contributed by atoms with Gasteiger partial charge in [-0.05, 0) is 18.2 Å². The number of amides is 1. The van der Waals surface area contributed by atoms with Crippen LogP contribution >= 0.6 is 11.6 Å². The normalized spacial score (nSPS) is 10.1. The number of hydrogen-bond donors (Lipinski definition) is 1. The molecule has 0 bridgehead atoms. The second-order valence-electron chi connectivity index (χ2n) is 3.73. The molecule has 1 aromatic heterocycles. The van der Waals surface area contributed by atoms with Gasteiger partial charge >= 0.3 is 0 Å². The number of aromatic nitrogens is 1. The van der Waals surface area contributed by atoms with E-state index in [4.69, 9.17) is 11.6 Å². The Balaban J connectivity index is 2.27. The van der Waals surface area contributed by atoms with Crippen LogP contribution in [0.3, 0.4) is 0 Å². The van der Waals surface area contributed by atoms with E-state index in [0.29, 0.717) is 0 Å². The Kier molecular flexibility index (Phi) is 3.90. The van der Waals surface area contributed by atoms with Crippen LogP contribution in [0, 0.1) is 15.9 Å². The van der Waals surface area contributed by atoms with Gasteiger partial charge in [0.2, 0.25) is 0 Å². The molecule has 0 saturated heterocycles. The van der Waals surface area contributed by atoms with Crippen LogP contribution in [0.1, 0.15) is 10.4 Å². The lowest BCUT2D eigenvalue weighted by Gasteiger charge is -2.06. The molecule has 0 aliphatic carbocycles. The Morgan fingerprint density at radius 1 is 1.40 bits per heavy atom. The number of carbonyl (C=O) groups is 1. The molecule has 2 rings (SSSR count). The number of pyridine rings is 1. The van der Waals surface area contributed by atoms with Crippen LogP contribution < -0.4 is 5.32 Å². The molecule has 0 spiro atoms. The van der Waals surface area contributed by atoms with E-state index >= 15 is 0 Å². The number of nitro groups is 1. The molecule has 2 aromatic rings. The first kappa shape index (κ1) is 13.9. The van der Waals surface area contributed by atoms with Crippen molar-refractivity contribution >= 4 is 28.9 Å². The Labute approximate surface area is 117 Å². The fourth-order valence-corrected chi connectivity index (χ4v) is 1.67. The summed E-state index contributed by atoms with van der Waals surface area (Å²) in [6, 6.07) is 4.96. The maximum absolute atomic E-state index is 13.4. The van der Waals surface area contributed by atoms with Gasteiger partial charge in [-0.15, -0.1) is 0 Å². The van der Waals surface area contributed by atoms with Crippen LogP contribution in [0.4, 0.5) is 15.8 Å². The van der Waals surface area contributed by atoms with Gasteiger partial charge in [0, 0.05) is 18.0 Å². The molecule has 0 saturated carbocycles. The summed E-state index contributed by atoms with van der Waals surface area (Å²) in [6.45, 7) is 0. The van der Waals surface area contributed by atoms with E-state index in [1.54, 1.807) is 0 Å². The highest BCUT2D eigenvalue weighted by Gasteiger charge is 2.16. The van der Waals surface area contributed by atoms with Gasteiger partial charge in [-0.25, -0.2) is 4.39 Å². The first-order valence-electron chi connectivity index (χ1n) is 5.34. The molecule has 1 aromatic carbocycles. The van der Waals surface area contributed by atoms with Crippen LogP contribution in [-0.2, 0) is 0 Å². The topological polar surface area (TPSA) is 85.1 Å². The van der Waals surface area contributed by atoms with Crippen molar-refractivity contribution in [2.45, 2.75) is 0 Å². The first-order valence-corrected chi connectivity index (χ1v) is 5.71. The zero-order valence-electron chi connectivity index (χ0n) is 9.84. The molecule has 0 fully saturated rings. The summed E-state index contributed by atoms with van der Waals surface area (Å²) in [4.78, 5) is 25.4. The molecule has 6 nitrogen and oxygen atoms in total. The van der Waals surface area contributed by atoms with E-state index in [1.165, 1.54) is 24.4 Å². The summed E-state index contributed by atoms with van der Waals surface area (Å²) in [6.07, 6.45) is 2.17. The molecule has 0 aliphatic rings. The second kappa shape index (κ2) is 5.62. The number of hydrogen-bond acceptors (Lipinski definition) is 4. The Morgan fingerprint density at radius 3 is 2.80 bits per heavy atom. The average Bonchev–Trinajstić information content (AvgIpc) is 2.41. The highest BCUT2D eigenvalue weighted by molar-refractivity contribution is 6.32. The van der Waals surface area contributed by atoms with Gasteiger partial charge in [-0.2, -0.15) is 0 Å². The standard InChI is InChI=1S/C12H7ClFN3O3/c13-9-2-1-7(5-11(9)17(19)20)16-12(18)8-3-4-15-6-10(8)14/h1-6H,(H,16,18). The predicted octanol–water partition coefficient (Wildman–Crippen LogP) is 3.03. The second-order valence-corrected chi connectivity index (χ2v) is 4.14. The number of carbonyl (C=O) groups excluding carboxylic acids is 1. The maximum Gasteiger partial charge on any atom is 0.289 e. The lowest BCUT2D eigenvalue weighted by atomic mass is 10.2. The van der Waals surface area contributed by atoms with Crippen molar-refractivity contribution in [2.75, 3.05) is 5.32 Å². The molecule has 20 heavy (non-hydrogen) atoms. The third-order valence-electron chi connectivity index (χ3n) is 2.42. The van der Waals surface area contributed by atoms with Crippen LogP contribution in [0.15, 0.2) is 36.7 Å². The third-order valence-corrected chi connectivity index (χ3v) is 2.74. The number of rotatable bonds is 3. The molecule has 1 N–H and O–H groups in total. The molecule has 0 atom stereocenters. The Morgan fingerprint density at radius 2 is 2.15 bits per heavy atom. The van der Waals surface area contributed by atoms with Crippen LogP contribution in [0.5, 0.6) is 0 Å². The number of benzene rings is 1. The number of nitrogens with zero attached hydrogens (tertiary/aromatic N) is 2. The summed E-state index contributed by atoms with van der Waals surface area (Å²) in [5.74, 6) is -1.52. The minimum atomic E-state index is -0.784. The van der Waals surface area contributed by atoms with Crippen molar-refractivity contribution in [3.8, 4) is 0 Å². The number of nitrogens with one attached hydrogen (secondary N) is 1. The SMILES string of the molecule is O=C(Nc1ccc(Cl)c([N+](=O)[O-])c1)c1ccncc1F. The average molecular weight is 296 g/mol. The Hall–Kier alpha value is -2.54. The summed E-state index contributed by atoms with van der Waals surface area (Å²) in [5.41, 5.74) is -0.417. The minimum Gasteiger partial charge on any atom is -0.322 e. The van der Waals surface area contributed by atoms with Gasteiger partial charge in [0.05, 0.1) is 16.7 Å². The van der Waals surface area contributed by atoms with E-state index in [-0.39, 0.29) is 22.0 Å². The van der Waals surface area contributed by atoms with E-state index in [9.17, 15) is 19.3 Å².